The summed E-state index contributed by atoms with van der Waals surface area (Å²) in [5.74, 6) is 0.643. The minimum atomic E-state index is -0.0206. The van der Waals surface area contributed by atoms with E-state index in [1.165, 1.54) is 0 Å². The monoisotopic (exact) mass is 338 g/mol. The van der Waals surface area contributed by atoms with Crippen molar-refractivity contribution in [3.63, 3.8) is 0 Å². The van der Waals surface area contributed by atoms with E-state index >= 15 is 0 Å². The molecule has 1 aliphatic rings. The Morgan fingerprint density at radius 2 is 2.04 bits per heavy atom. The molecule has 2 unspecified atom stereocenters. The maximum atomic E-state index is 11.8. The van der Waals surface area contributed by atoms with Gasteiger partial charge in [-0.1, -0.05) is 19.9 Å². The minimum Gasteiger partial charge on any atom is -0.378 e. The molecule has 138 valence electrons. The number of nitrogens with zero attached hydrogens (tertiary/aromatic N) is 2. The number of guanidine groups is 1. The Labute approximate surface area is 146 Å². The first kappa shape index (κ1) is 20.5. The van der Waals surface area contributed by atoms with Gasteiger partial charge in [0, 0.05) is 38.7 Å². The third kappa shape index (κ3) is 4.72. The van der Waals surface area contributed by atoms with Gasteiger partial charge in [-0.05, 0) is 26.2 Å². The molecule has 24 heavy (non-hydrogen) atoms. The SMILES string of the molecule is C=CCNC(=NCC(=O)N(C)C)NC1CC(OCC)C1(CC)CC. The molecule has 6 heteroatoms. The quantitative estimate of drug-likeness (QED) is 0.382. The number of aliphatic imine (C=N–C) groups is 1. The summed E-state index contributed by atoms with van der Waals surface area (Å²) in [5.41, 5.74) is 0.123. The fourth-order valence-electron chi connectivity index (χ4n) is 3.36. The van der Waals surface area contributed by atoms with Gasteiger partial charge < -0.3 is 20.3 Å². The predicted octanol–water partition coefficient (Wildman–Crippen LogP) is 1.78. The first-order chi connectivity index (χ1) is 11.4. The number of rotatable bonds is 9. The van der Waals surface area contributed by atoms with Gasteiger partial charge in [0.05, 0.1) is 6.10 Å². The van der Waals surface area contributed by atoms with Gasteiger partial charge >= 0.3 is 0 Å². The molecule has 0 heterocycles. The fraction of sp³-hybridized carbons (Fsp3) is 0.778. The number of nitrogens with one attached hydrogen (secondary N) is 2. The summed E-state index contributed by atoms with van der Waals surface area (Å²) < 4.78 is 5.92. The number of carbonyl (C=O) groups excluding carboxylic acids is 1. The third-order valence-corrected chi connectivity index (χ3v) is 5.07. The first-order valence-electron chi connectivity index (χ1n) is 8.92. The minimum absolute atomic E-state index is 0.0206. The lowest BCUT2D eigenvalue weighted by molar-refractivity contribution is -0.133. The van der Waals surface area contributed by atoms with Crippen LogP contribution in [0.5, 0.6) is 0 Å². The van der Waals surface area contributed by atoms with E-state index in [1.54, 1.807) is 25.1 Å². The maximum absolute atomic E-state index is 11.8. The van der Waals surface area contributed by atoms with Crippen LogP contribution in [0.2, 0.25) is 0 Å². The average Bonchev–Trinajstić information content (AvgIpc) is 2.56. The van der Waals surface area contributed by atoms with Crippen molar-refractivity contribution in [2.45, 2.75) is 52.2 Å². The third-order valence-electron chi connectivity index (χ3n) is 5.07. The number of carbonyl (C=O) groups is 1. The lowest BCUT2D eigenvalue weighted by Crippen LogP contribution is -2.65. The second-order valence-electron chi connectivity index (χ2n) is 6.44. The molecular formula is C18H34N4O2. The summed E-state index contributed by atoms with van der Waals surface area (Å²) in [4.78, 5) is 17.8. The molecule has 0 aromatic heterocycles. The predicted molar refractivity (Wildman–Crippen MR) is 99.2 cm³/mol. The van der Waals surface area contributed by atoms with Crippen molar-refractivity contribution in [1.29, 1.82) is 0 Å². The van der Waals surface area contributed by atoms with E-state index in [1.807, 2.05) is 6.92 Å². The molecule has 1 fully saturated rings. The molecule has 0 bridgehead atoms. The van der Waals surface area contributed by atoms with Crippen LogP contribution in [0, 0.1) is 5.41 Å². The Bertz CT molecular complexity index is 444. The van der Waals surface area contributed by atoms with E-state index in [2.05, 4.69) is 36.1 Å². The van der Waals surface area contributed by atoms with Gasteiger partial charge in [0.15, 0.2) is 5.96 Å². The van der Waals surface area contributed by atoms with E-state index in [9.17, 15) is 4.79 Å². The van der Waals surface area contributed by atoms with Crippen molar-refractivity contribution >= 4 is 11.9 Å². The fourth-order valence-corrected chi connectivity index (χ4v) is 3.36. The molecule has 1 amide bonds. The van der Waals surface area contributed by atoms with E-state index in [-0.39, 0.29) is 17.9 Å². The normalized spacial score (nSPS) is 22.5. The number of hydrogen-bond donors (Lipinski definition) is 2. The summed E-state index contributed by atoms with van der Waals surface area (Å²) >= 11 is 0. The molecule has 1 aliphatic carbocycles. The van der Waals surface area contributed by atoms with Crippen LogP contribution in [0.25, 0.3) is 0 Å². The van der Waals surface area contributed by atoms with Crippen LogP contribution < -0.4 is 10.6 Å². The van der Waals surface area contributed by atoms with Crippen LogP contribution in [0.15, 0.2) is 17.6 Å². The van der Waals surface area contributed by atoms with Crippen molar-refractivity contribution < 1.29 is 9.53 Å². The smallest absolute Gasteiger partial charge is 0.243 e. The van der Waals surface area contributed by atoms with Gasteiger partial charge in [-0.25, -0.2) is 4.99 Å². The molecule has 2 atom stereocenters. The van der Waals surface area contributed by atoms with Crippen LogP contribution >= 0.6 is 0 Å². The van der Waals surface area contributed by atoms with Gasteiger partial charge in [0.25, 0.3) is 0 Å². The molecular weight excluding hydrogens is 304 g/mol. The Balaban J connectivity index is 2.80. The lowest BCUT2D eigenvalue weighted by atomic mass is 9.58. The molecule has 0 aromatic rings. The van der Waals surface area contributed by atoms with Crippen molar-refractivity contribution in [2.24, 2.45) is 10.4 Å². The van der Waals surface area contributed by atoms with Crippen LogP contribution in [-0.4, -0.2) is 62.7 Å². The second-order valence-corrected chi connectivity index (χ2v) is 6.44. The molecule has 1 saturated carbocycles. The van der Waals surface area contributed by atoms with Crippen molar-refractivity contribution in [3.8, 4) is 0 Å². The van der Waals surface area contributed by atoms with Crippen LogP contribution in [-0.2, 0) is 9.53 Å². The Morgan fingerprint density at radius 3 is 2.54 bits per heavy atom. The summed E-state index contributed by atoms with van der Waals surface area (Å²) in [5, 5.41) is 6.71. The van der Waals surface area contributed by atoms with Gasteiger partial charge in [0.2, 0.25) is 5.91 Å². The first-order valence-corrected chi connectivity index (χ1v) is 8.92. The van der Waals surface area contributed by atoms with E-state index in [0.29, 0.717) is 24.7 Å². The second kappa shape index (κ2) is 9.67. The number of likely N-dealkylation sites (N-methyl/N-ethyl adjacent to an activating group) is 1. The van der Waals surface area contributed by atoms with Crippen LogP contribution in [0.3, 0.4) is 0 Å². The zero-order valence-electron chi connectivity index (χ0n) is 15.9. The molecule has 0 aromatic carbocycles. The van der Waals surface area contributed by atoms with E-state index in [4.69, 9.17) is 4.74 Å². The molecule has 1 rings (SSSR count). The molecule has 0 radical (unpaired) electrons. The largest absolute Gasteiger partial charge is 0.378 e. The molecule has 6 nitrogen and oxygen atoms in total. The molecule has 2 N–H and O–H groups in total. The average molecular weight is 338 g/mol. The highest BCUT2D eigenvalue weighted by Crippen LogP contribution is 2.48. The van der Waals surface area contributed by atoms with Crippen LogP contribution in [0.1, 0.15) is 40.0 Å². The highest BCUT2D eigenvalue weighted by molar-refractivity contribution is 5.85. The molecule has 0 aliphatic heterocycles. The van der Waals surface area contributed by atoms with Crippen molar-refractivity contribution in [3.05, 3.63) is 12.7 Å². The highest BCUT2D eigenvalue weighted by Gasteiger charge is 2.53. The lowest BCUT2D eigenvalue weighted by Gasteiger charge is -2.55. The standard InChI is InChI=1S/C18H34N4O2/c1-7-11-19-17(20-13-16(23)22(5)6)21-14-12-15(24-10-4)18(14,8-2)9-3/h7,14-15H,1,8-13H2,2-6H3,(H2,19,20,21). The Morgan fingerprint density at radius 1 is 1.38 bits per heavy atom. The van der Waals surface area contributed by atoms with Crippen molar-refractivity contribution in [1.82, 2.24) is 15.5 Å². The number of hydrogen-bond acceptors (Lipinski definition) is 3. The van der Waals surface area contributed by atoms with Crippen molar-refractivity contribution in [2.75, 3.05) is 33.8 Å². The summed E-state index contributed by atoms with van der Waals surface area (Å²) in [6.45, 7) is 11.7. The van der Waals surface area contributed by atoms with E-state index in [0.717, 1.165) is 25.9 Å². The zero-order valence-corrected chi connectivity index (χ0v) is 15.9. The summed E-state index contributed by atoms with van der Waals surface area (Å²) in [6, 6.07) is 0.301. The maximum Gasteiger partial charge on any atom is 0.243 e. The zero-order chi connectivity index (χ0) is 18.2. The molecule has 0 spiro atoms. The Hall–Kier alpha value is -1.56. The van der Waals surface area contributed by atoms with E-state index < -0.39 is 0 Å². The molecule has 0 saturated heterocycles. The van der Waals surface area contributed by atoms with Gasteiger partial charge in [-0.15, -0.1) is 6.58 Å². The van der Waals surface area contributed by atoms with Gasteiger partial charge in [-0.3, -0.25) is 4.79 Å². The highest BCUT2D eigenvalue weighted by atomic mass is 16.5. The summed E-state index contributed by atoms with van der Waals surface area (Å²) in [6.07, 6.45) is 5.14. The van der Waals surface area contributed by atoms with Gasteiger partial charge in [0.1, 0.15) is 6.54 Å². The number of ether oxygens (including phenoxy) is 1. The Kier molecular flexibility index (Phi) is 8.25. The van der Waals surface area contributed by atoms with Gasteiger partial charge in [-0.2, -0.15) is 0 Å². The summed E-state index contributed by atoms with van der Waals surface area (Å²) in [7, 11) is 3.47. The number of amides is 1. The topological polar surface area (TPSA) is 66.0 Å². The van der Waals surface area contributed by atoms with Crippen LogP contribution in [0.4, 0.5) is 0 Å².